The van der Waals surface area contributed by atoms with Gasteiger partial charge in [0.15, 0.2) is 0 Å². The van der Waals surface area contributed by atoms with Crippen molar-refractivity contribution in [3.05, 3.63) is 0 Å². The van der Waals surface area contributed by atoms with Crippen molar-refractivity contribution in [1.82, 2.24) is 4.90 Å². The first-order valence-corrected chi connectivity index (χ1v) is 4.29. The number of hydrogen-bond donors (Lipinski definition) is 1. The van der Waals surface area contributed by atoms with Crippen LogP contribution in [-0.4, -0.2) is 35.2 Å². The maximum absolute atomic E-state index is 12.3. The molecule has 0 aromatic rings. The number of nitrogens with zero attached hydrogens (tertiary/aromatic N) is 1. The second-order valence-corrected chi connectivity index (χ2v) is 3.75. The molecule has 12 heavy (non-hydrogen) atoms. The van der Waals surface area contributed by atoms with Gasteiger partial charge in [-0.2, -0.15) is 8.78 Å². The van der Waals surface area contributed by atoms with Crippen molar-refractivity contribution in [2.75, 3.05) is 19.8 Å². The van der Waals surface area contributed by atoms with Crippen molar-refractivity contribution in [2.45, 2.75) is 18.2 Å². The van der Waals surface area contributed by atoms with Crippen LogP contribution in [0.1, 0.15) is 12.8 Å². The molecule has 0 aromatic heterocycles. The van der Waals surface area contributed by atoms with Crippen molar-refractivity contribution in [3.63, 3.8) is 0 Å². The maximum Gasteiger partial charge on any atom is 0.322 e. The van der Waals surface area contributed by atoms with Crippen LogP contribution in [0.4, 0.5) is 8.78 Å². The summed E-state index contributed by atoms with van der Waals surface area (Å²) in [5, 5.41) is 5.60. The van der Waals surface area contributed by atoms with Crippen LogP contribution < -0.4 is 0 Å². The Bertz CT molecular complexity index is 151. The summed E-state index contributed by atoms with van der Waals surface area (Å²) in [6.45, 7) is 1.16. The summed E-state index contributed by atoms with van der Waals surface area (Å²) in [6, 6.07) is 0. The van der Waals surface area contributed by atoms with Crippen LogP contribution in [0.25, 0.3) is 0 Å². The van der Waals surface area contributed by atoms with E-state index >= 15 is 0 Å². The normalized spacial score (nSPS) is 26.5. The monoisotopic (exact) mass is 199 g/mol. The second kappa shape index (κ2) is 3.85. The zero-order valence-corrected chi connectivity index (χ0v) is 7.40. The third kappa shape index (κ3) is 3.21. The molecule has 5 heteroatoms. The highest BCUT2D eigenvalue weighted by atomic mass is 35.5. The molecular weight excluding hydrogens is 188 g/mol. The molecule has 0 radical (unpaired) electrons. The van der Waals surface area contributed by atoms with Crippen LogP contribution >= 0.6 is 11.6 Å². The smallest absolute Gasteiger partial charge is 0.322 e. The standard InChI is InChI=1S/C7H12ClF2NO/c8-7(9,10)3-6-1-2-11(4-6)5-12/h6,12H,1-5H2. The van der Waals surface area contributed by atoms with Gasteiger partial charge in [-0.15, -0.1) is 0 Å². The zero-order chi connectivity index (χ0) is 9.19. The number of rotatable bonds is 3. The number of alkyl halides is 3. The molecule has 0 aliphatic carbocycles. The topological polar surface area (TPSA) is 23.5 Å². The van der Waals surface area contributed by atoms with Gasteiger partial charge in [-0.3, -0.25) is 4.90 Å². The van der Waals surface area contributed by atoms with Gasteiger partial charge in [-0.25, -0.2) is 0 Å². The summed E-state index contributed by atoms with van der Waals surface area (Å²) in [6.07, 6.45) is 0.411. The van der Waals surface area contributed by atoms with Crippen LogP contribution in [0.3, 0.4) is 0 Å². The Balaban J connectivity index is 2.28. The summed E-state index contributed by atoms with van der Waals surface area (Å²) in [7, 11) is 0. The summed E-state index contributed by atoms with van der Waals surface area (Å²) in [5.41, 5.74) is 0. The van der Waals surface area contributed by atoms with Gasteiger partial charge in [0.1, 0.15) is 0 Å². The molecule has 0 aromatic carbocycles. The summed E-state index contributed by atoms with van der Waals surface area (Å²) in [4.78, 5) is 1.73. The molecule has 0 spiro atoms. The first-order chi connectivity index (χ1) is 5.51. The number of hydrogen-bond acceptors (Lipinski definition) is 2. The molecule has 1 N–H and O–H groups in total. The number of halogens is 3. The fourth-order valence-corrected chi connectivity index (χ4v) is 1.75. The molecule has 1 unspecified atom stereocenters. The van der Waals surface area contributed by atoms with Crippen molar-refractivity contribution in [1.29, 1.82) is 0 Å². The van der Waals surface area contributed by atoms with Crippen molar-refractivity contribution < 1.29 is 13.9 Å². The highest BCUT2D eigenvalue weighted by molar-refractivity contribution is 6.21. The summed E-state index contributed by atoms with van der Waals surface area (Å²) in [5.74, 6) is -0.0790. The molecule has 0 saturated carbocycles. The lowest BCUT2D eigenvalue weighted by molar-refractivity contribution is 0.0629. The molecule has 1 heterocycles. The van der Waals surface area contributed by atoms with E-state index in [1.54, 1.807) is 4.90 Å². The lowest BCUT2D eigenvalue weighted by Crippen LogP contribution is -2.23. The SMILES string of the molecule is OCN1CCC(CC(F)(F)Cl)C1. The van der Waals surface area contributed by atoms with Gasteiger partial charge in [0, 0.05) is 19.5 Å². The molecule has 0 amide bonds. The third-order valence-electron chi connectivity index (χ3n) is 2.09. The molecule has 1 aliphatic rings. The van der Waals surface area contributed by atoms with Crippen LogP contribution in [0.5, 0.6) is 0 Å². The van der Waals surface area contributed by atoms with Crippen LogP contribution in [0.15, 0.2) is 0 Å². The predicted molar refractivity (Wildman–Crippen MR) is 42.2 cm³/mol. The fraction of sp³-hybridized carbons (Fsp3) is 1.00. The van der Waals surface area contributed by atoms with Crippen LogP contribution in [0, 0.1) is 5.92 Å². The molecule has 1 atom stereocenters. The Morgan fingerprint density at radius 2 is 2.25 bits per heavy atom. The van der Waals surface area contributed by atoms with Crippen molar-refractivity contribution in [2.24, 2.45) is 5.92 Å². The first kappa shape index (κ1) is 10.2. The number of aliphatic hydroxyl groups is 1. The average Bonchev–Trinajstić information content (AvgIpc) is 2.32. The van der Waals surface area contributed by atoms with Gasteiger partial charge in [0.05, 0.1) is 6.73 Å². The second-order valence-electron chi connectivity index (χ2n) is 3.19. The van der Waals surface area contributed by atoms with Gasteiger partial charge in [-0.05, 0) is 23.9 Å². The van der Waals surface area contributed by atoms with Gasteiger partial charge >= 0.3 is 5.38 Å². The third-order valence-corrected chi connectivity index (χ3v) is 2.24. The lowest BCUT2D eigenvalue weighted by atomic mass is 10.1. The predicted octanol–water partition coefficient (Wildman–Crippen LogP) is 1.48. The maximum atomic E-state index is 12.3. The van der Waals surface area contributed by atoms with Gasteiger partial charge in [0.25, 0.3) is 0 Å². The van der Waals surface area contributed by atoms with Gasteiger partial charge in [0.2, 0.25) is 0 Å². The van der Waals surface area contributed by atoms with Gasteiger partial charge < -0.3 is 5.11 Å². The highest BCUT2D eigenvalue weighted by Crippen LogP contribution is 2.31. The van der Waals surface area contributed by atoms with E-state index in [0.29, 0.717) is 19.5 Å². The fourth-order valence-electron chi connectivity index (χ4n) is 1.54. The summed E-state index contributed by atoms with van der Waals surface area (Å²) < 4.78 is 24.6. The van der Waals surface area contributed by atoms with Crippen molar-refractivity contribution in [3.8, 4) is 0 Å². The molecule has 1 fully saturated rings. The molecule has 1 aliphatic heterocycles. The minimum atomic E-state index is -3.09. The highest BCUT2D eigenvalue weighted by Gasteiger charge is 2.33. The molecule has 0 bridgehead atoms. The lowest BCUT2D eigenvalue weighted by Gasteiger charge is -2.14. The number of likely N-dealkylation sites (tertiary alicyclic amines) is 1. The average molecular weight is 200 g/mol. The van der Waals surface area contributed by atoms with Crippen LogP contribution in [-0.2, 0) is 0 Å². The van der Waals surface area contributed by atoms with E-state index in [1.807, 2.05) is 0 Å². The van der Waals surface area contributed by atoms with E-state index in [-0.39, 0.29) is 19.1 Å². The Labute approximate surface area is 75.1 Å². The largest absolute Gasteiger partial charge is 0.381 e. The molecule has 1 saturated heterocycles. The Kier molecular flexibility index (Phi) is 3.26. The van der Waals surface area contributed by atoms with Crippen LogP contribution in [0.2, 0.25) is 0 Å². The minimum absolute atomic E-state index is 0.0512. The summed E-state index contributed by atoms with van der Waals surface area (Å²) >= 11 is 4.79. The minimum Gasteiger partial charge on any atom is -0.381 e. The number of aliphatic hydroxyl groups excluding tert-OH is 1. The molecular formula is C7H12ClF2NO. The molecule has 72 valence electrons. The molecule has 2 nitrogen and oxygen atoms in total. The van der Waals surface area contributed by atoms with Crippen molar-refractivity contribution >= 4 is 11.6 Å². The van der Waals surface area contributed by atoms with E-state index in [1.165, 1.54) is 0 Å². The Hall–Kier alpha value is 0.0700. The van der Waals surface area contributed by atoms with E-state index in [4.69, 9.17) is 16.7 Å². The molecule has 1 rings (SSSR count). The Morgan fingerprint density at radius 3 is 2.67 bits per heavy atom. The van der Waals surface area contributed by atoms with E-state index in [2.05, 4.69) is 0 Å². The van der Waals surface area contributed by atoms with Gasteiger partial charge in [-0.1, -0.05) is 0 Å². The first-order valence-electron chi connectivity index (χ1n) is 3.91. The van der Waals surface area contributed by atoms with E-state index < -0.39 is 5.38 Å². The van der Waals surface area contributed by atoms with E-state index in [0.717, 1.165) is 0 Å². The quantitative estimate of drug-likeness (QED) is 0.696. The zero-order valence-electron chi connectivity index (χ0n) is 6.64. The van der Waals surface area contributed by atoms with E-state index in [9.17, 15) is 8.78 Å². The Morgan fingerprint density at radius 1 is 1.58 bits per heavy atom.